The standard InChI is InChI=1S/C13H23NO5/c1-16-18-4-3-14-11-5-10(9-19-17-2)6-12(14)8-13(15)7-11/h10-12H,3-9H2,1-2H3. The van der Waals surface area contributed by atoms with E-state index in [0.717, 1.165) is 19.4 Å². The third kappa shape index (κ3) is 3.97. The van der Waals surface area contributed by atoms with Crippen LogP contribution in [0.3, 0.4) is 0 Å². The van der Waals surface area contributed by atoms with Gasteiger partial charge in [0.1, 0.15) is 5.78 Å². The minimum absolute atomic E-state index is 0.311. The quantitative estimate of drug-likeness (QED) is 0.391. The van der Waals surface area contributed by atoms with E-state index in [1.165, 1.54) is 14.2 Å². The van der Waals surface area contributed by atoms with Gasteiger partial charge in [0.05, 0.1) is 27.4 Å². The molecule has 2 aliphatic rings. The van der Waals surface area contributed by atoms with E-state index in [9.17, 15) is 4.79 Å². The first kappa shape index (κ1) is 14.9. The normalized spacial score (nSPS) is 31.7. The number of ketones is 1. The molecule has 0 aromatic carbocycles. The predicted molar refractivity (Wildman–Crippen MR) is 67.2 cm³/mol. The summed E-state index contributed by atoms with van der Waals surface area (Å²) in [5, 5.41) is 0. The van der Waals surface area contributed by atoms with Crippen LogP contribution >= 0.6 is 0 Å². The Bertz CT molecular complexity index is 281. The Labute approximate surface area is 113 Å². The SMILES string of the molecule is COOCCN1C2CC(=O)CC1CC(COOC)C2. The van der Waals surface area contributed by atoms with E-state index in [-0.39, 0.29) is 0 Å². The fourth-order valence-corrected chi connectivity index (χ4v) is 3.34. The molecule has 0 aliphatic carbocycles. The molecule has 2 unspecified atom stereocenters. The van der Waals surface area contributed by atoms with Gasteiger partial charge < -0.3 is 0 Å². The molecule has 0 saturated carbocycles. The van der Waals surface area contributed by atoms with Crippen LogP contribution in [0.4, 0.5) is 0 Å². The second-order valence-electron chi connectivity index (χ2n) is 5.27. The number of nitrogens with zero attached hydrogens (tertiary/aromatic N) is 1. The lowest BCUT2D eigenvalue weighted by molar-refractivity contribution is -0.285. The lowest BCUT2D eigenvalue weighted by atomic mass is 9.78. The maximum atomic E-state index is 11.7. The van der Waals surface area contributed by atoms with E-state index < -0.39 is 0 Å². The highest BCUT2D eigenvalue weighted by atomic mass is 17.2. The number of Topliss-reactive ketones (excluding diaryl/α,β-unsaturated/α-hetero) is 1. The molecule has 0 aromatic heterocycles. The number of fused-ring (bicyclic) bond motifs is 2. The monoisotopic (exact) mass is 273 g/mol. The molecule has 19 heavy (non-hydrogen) atoms. The van der Waals surface area contributed by atoms with Crippen LogP contribution in [0.2, 0.25) is 0 Å². The van der Waals surface area contributed by atoms with Crippen LogP contribution in [0.15, 0.2) is 0 Å². The Morgan fingerprint density at radius 1 is 1.11 bits per heavy atom. The zero-order valence-electron chi connectivity index (χ0n) is 11.7. The van der Waals surface area contributed by atoms with Crippen LogP contribution in [0.5, 0.6) is 0 Å². The van der Waals surface area contributed by atoms with Crippen molar-refractivity contribution in [3.05, 3.63) is 0 Å². The predicted octanol–water partition coefficient (Wildman–Crippen LogP) is 0.955. The average Bonchev–Trinajstić information content (AvgIpc) is 2.37. The van der Waals surface area contributed by atoms with Gasteiger partial charge in [0.25, 0.3) is 0 Å². The largest absolute Gasteiger partial charge is 0.300 e. The molecule has 2 bridgehead atoms. The smallest absolute Gasteiger partial charge is 0.136 e. The first-order valence-corrected chi connectivity index (χ1v) is 6.83. The first-order chi connectivity index (χ1) is 9.24. The second kappa shape index (κ2) is 7.31. The lowest BCUT2D eigenvalue weighted by Gasteiger charge is -2.48. The average molecular weight is 273 g/mol. The Morgan fingerprint density at radius 3 is 2.32 bits per heavy atom. The van der Waals surface area contributed by atoms with E-state index in [1.54, 1.807) is 0 Å². The summed E-state index contributed by atoms with van der Waals surface area (Å²) in [6.07, 6.45) is 3.26. The van der Waals surface area contributed by atoms with Crippen LogP contribution in [0, 0.1) is 5.92 Å². The highest BCUT2D eigenvalue weighted by Gasteiger charge is 2.41. The van der Waals surface area contributed by atoms with Crippen molar-refractivity contribution in [3.8, 4) is 0 Å². The molecule has 0 N–H and O–H groups in total. The second-order valence-corrected chi connectivity index (χ2v) is 5.27. The van der Waals surface area contributed by atoms with Crippen molar-refractivity contribution < 1.29 is 24.3 Å². The Kier molecular flexibility index (Phi) is 5.72. The Hall–Kier alpha value is -0.530. The van der Waals surface area contributed by atoms with Gasteiger partial charge in [-0.25, -0.2) is 19.6 Å². The topological polar surface area (TPSA) is 57.2 Å². The van der Waals surface area contributed by atoms with Gasteiger partial charge in [0.2, 0.25) is 0 Å². The molecule has 0 amide bonds. The van der Waals surface area contributed by atoms with Gasteiger partial charge in [0, 0.05) is 31.5 Å². The van der Waals surface area contributed by atoms with Crippen LogP contribution in [-0.4, -0.2) is 56.7 Å². The molecule has 2 fully saturated rings. The van der Waals surface area contributed by atoms with Gasteiger partial charge in [-0.05, 0) is 18.8 Å². The molecule has 2 saturated heterocycles. The van der Waals surface area contributed by atoms with E-state index in [1.807, 2.05) is 0 Å². The summed E-state index contributed by atoms with van der Waals surface area (Å²) in [4.78, 5) is 33.4. The van der Waals surface area contributed by atoms with Gasteiger partial charge in [-0.15, -0.1) is 0 Å². The molecule has 0 radical (unpaired) electrons. The summed E-state index contributed by atoms with van der Waals surface area (Å²) < 4.78 is 0. The van der Waals surface area contributed by atoms with Crippen molar-refractivity contribution >= 4 is 5.78 Å². The highest BCUT2D eigenvalue weighted by molar-refractivity contribution is 5.80. The van der Waals surface area contributed by atoms with Crippen molar-refractivity contribution in [2.45, 2.75) is 37.8 Å². The van der Waals surface area contributed by atoms with Gasteiger partial charge in [-0.2, -0.15) is 0 Å². The maximum Gasteiger partial charge on any atom is 0.136 e. The van der Waals surface area contributed by atoms with Gasteiger partial charge in [-0.3, -0.25) is 9.69 Å². The molecule has 0 aromatic rings. The first-order valence-electron chi connectivity index (χ1n) is 6.83. The molecule has 2 rings (SSSR count). The molecular weight excluding hydrogens is 250 g/mol. The maximum absolute atomic E-state index is 11.7. The van der Waals surface area contributed by atoms with Crippen molar-refractivity contribution in [3.63, 3.8) is 0 Å². The Balaban J connectivity index is 1.90. The van der Waals surface area contributed by atoms with Crippen molar-refractivity contribution in [1.82, 2.24) is 4.90 Å². The van der Waals surface area contributed by atoms with Gasteiger partial charge >= 0.3 is 0 Å². The molecule has 2 atom stereocenters. The molecule has 0 spiro atoms. The van der Waals surface area contributed by atoms with Crippen molar-refractivity contribution in [1.29, 1.82) is 0 Å². The minimum atomic E-state index is 0.311. The number of hydrogen-bond acceptors (Lipinski definition) is 6. The van der Waals surface area contributed by atoms with Crippen LogP contribution in [0.1, 0.15) is 25.7 Å². The van der Waals surface area contributed by atoms with E-state index >= 15 is 0 Å². The van der Waals surface area contributed by atoms with Crippen LogP contribution in [0.25, 0.3) is 0 Å². The number of hydrogen-bond donors (Lipinski definition) is 0. The summed E-state index contributed by atoms with van der Waals surface area (Å²) in [7, 11) is 3.04. The number of piperidine rings is 2. The van der Waals surface area contributed by atoms with E-state index in [0.29, 0.717) is 49.8 Å². The molecule has 6 nitrogen and oxygen atoms in total. The van der Waals surface area contributed by atoms with Gasteiger partial charge in [0.15, 0.2) is 0 Å². The van der Waals surface area contributed by atoms with Crippen molar-refractivity contribution in [2.75, 3.05) is 34.0 Å². The number of rotatable bonds is 7. The zero-order valence-corrected chi connectivity index (χ0v) is 11.7. The number of carbonyl (C=O) groups excluding carboxylic acids is 1. The molecular formula is C13H23NO5. The molecule has 2 heterocycles. The summed E-state index contributed by atoms with van der Waals surface area (Å²) in [5.41, 5.74) is 0. The summed E-state index contributed by atoms with van der Waals surface area (Å²) in [6.45, 7) is 1.96. The fourth-order valence-electron chi connectivity index (χ4n) is 3.34. The van der Waals surface area contributed by atoms with Gasteiger partial charge in [-0.1, -0.05) is 0 Å². The minimum Gasteiger partial charge on any atom is -0.300 e. The Morgan fingerprint density at radius 2 is 1.74 bits per heavy atom. The molecule has 110 valence electrons. The van der Waals surface area contributed by atoms with E-state index in [4.69, 9.17) is 9.78 Å². The third-order valence-corrected chi connectivity index (χ3v) is 4.05. The fraction of sp³-hybridized carbons (Fsp3) is 0.923. The zero-order chi connectivity index (χ0) is 13.7. The number of carbonyl (C=O) groups is 1. The van der Waals surface area contributed by atoms with Crippen LogP contribution < -0.4 is 0 Å². The third-order valence-electron chi connectivity index (χ3n) is 4.05. The highest BCUT2D eigenvalue weighted by Crippen LogP contribution is 2.35. The van der Waals surface area contributed by atoms with Crippen LogP contribution in [-0.2, 0) is 24.3 Å². The lowest BCUT2D eigenvalue weighted by Crippen LogP contribution is -2.55. The summed E-state index contributed by atoms with van der Waals surface area (Å²) >= 11 is 0. The van der Waals surface area contributed by atoms with Crippen molar-refractivity contribution in [2.24, 2.45) is 5.92 Å². The summed E-state index contributed by atoms with van der Waals surface area (Å²) in [6, 6.07) is 0.622. The van der Waals surface area contributed by atoms with E-state index in [2.05, 4.69) is 14.7 Å². The molecule has 2 aliphatic heterocycles. The summed E-state index contributed by atoms with van der Waals surface area (Å²) in [5.74, 6) is 0.854. The molecule has 6 heteroatoms.